The lowest BCUT2D eigenvalue weighted by atomic mass is 10.0. The number of fused-ring (bicyclic) bond motifs is 1. The molecule has 2 atom stereocenters. The van der Waals surface area contributed by atoms with Crippen molar-refractivity contribution in [3.05, 3.63) is 88.3 Å². The summed E-state index contributed by atoms with van der Waals surface area (Å²) in [6.45, 7) is 12.3. The van der Waals surface area contributed by atoms with Crippen molar-refractivity contribution >= 4 is 28.7 Å². The standard InChI is InChI=1S/C33H37F2N7O3/c1-6-27(44)40-15-16-41(20(4)18-40)31-24-17-26(35)29(23-10-7-11-25(23)34)38-32(24)42(33(45)39-31)30-22(9-8-13-36-21(5)43)12-14-37-28(30)19(2)3/h6-7,10-12,14,17,19-20,23H,1,8-9,13,15-16,18H2,2-5H3,(H,36,43)/t20-,23?/m0/s1. The first-order valence-corrected chi connectivity index (χ1v) is 15.1. The molecule has 0 saturated carbocycles. The Morgan fingerprint density at radius 1 is 1.22 bits per heavy atom. The molecule has 3 aromatic rings. The third-order valence-corrected chi connectivity index (χ3v) is 8.17. The van der Waals surface area contributed by atoms with Gasteiger partial charge in [0.25, 0.3) is 0 Å². The maximum absolute atomic E-state index is 15.9. The third kappa shape index (κ3) is 6.27. The Morgan fingerprint density at radius 3 is 2.64 bits per heavy atom. The van der Waals surface area contributed by atoms with Crippen molar-refractivity contribution in [3.63, 3.8) is 0 Å². The second-order valence-electron chi connectivity index (χ2n) is 11.7. The lowest BCUT2D eigenvalue weighted by Crippen LogP contribution is -2.54. The molecule has 10 nitrogen and oxygen atoms in total. The summed E-state index contributed by atoms with van der Waals surface area (Å²) in [5.41, 5.74) is 1.23. The number of carbonyl (C=O) groups excluding carboxylic acids is 2. The van der Waals surface area contributed by atoms with Gasteiger partial charge in [-0.25, -0.2) is 23.1 Å². The van der Waals surface area contributed by atoms with Gasteiger partial charge in [-0.1, -0.05) is 32.6 Å². The summed E-state index contributed by atoms with van der Waals surface area (Å²) in [6.07, 6.45) is 8.32. The molecule has 1 saturated heterocycles. The van der Waals surface area contributed by atoms with E-state index in [1.165, 1.54) is 41.9 Å². The number of carbonyl (C=O) groups is 2. The zero-order valence-electron chi connectivity index (χ0n) is 25.9. The van der Waals surface area contributed by atoms with Crippen molar-refractivity contribution in [2.24, 2.45) is 0 Å². The van der Waals surface area contributed by atoms with Crippen LogP contribution >= 0.6 is 0 Å². The van der Waals surface area contributed by atoms with Crippen LogP contribution in [-0.2, 0) is 16.0 Å². The first-order chi connectivity index (χ1) is 21.5. The summed E-state index contributed by atoms with van der Waals surface area (Å²) in [6, 6.07) is 2.82. The van der Waals surface area contributed by atoms with Crippen LogP contribution in [0.3, 0.4) is 0 Å². The molecule has 3 aromatic heterocycles. The van der Waals surface area contributed by atoms with Crippen LogP contribution in [0.5, 0.6) is 0 Å². The van der Waals surface area contributed by atoms with Crippen LogP contribution in [0.4, 0.5) is 14.6 Å². The molecular formula is C33H37F2N7O3. The highest BCUT2D eigenvalue weighted by Gasteiger charge is 2.32. The van der Waals surface area contributed by atoms with Gasteiger partial charge in [0.05, 0.1) is 28.4 Å². The van der Waals surface area contributed by atoms with Crippen molar-refractivity contribution in [3.8, 4) is 5.69 Å². The smallest absolute Gasteiger partial charge is 0.355 e. The average Bonchev–Trinajstić information content (AvgIpc) is 3.43. The van der Waals surface area contributed by atoms with E-state index < -0.39 is 23.3 Å². The van der Waals surface area contributed by atoms with Crippen molar-refractivity contribution in [1.82, 2.24) is 29.7 Å². The minimum atomic E-state index is -1.03. The maximum atomic E-state index is 15.9. The van der Waals surface area contributed by atoms with E-state index in [2.05, 4.69) is 26.8 Å². The average molecular weight is 618 g/mol. The molecule has 45 heavy (non-hydrogen) atoms. The normalized spacial score (nSPS) is 18.1. The van der Waals surface area contributed by atoms with E-state index in [4.69, 9.17) is 0 Å². The van der Waals surface area contributed by atoms with Crippen LogP contribution in [0, 0.1) is 5.82 Å². The van der Waals surface area contributed by atoms with Gasteiger partial charge in [0.15, 0.2) is 5.65 Å². The minimum Gasteiger partial charge on any atom is -0.356 e. The van der Waals surface area contributed by atoms with E-state index in [1.54, 1.807) is 11.1 Å². The van der Waals surface area contributed by atoms with E-state index in [0.29, 0.717) is 50.4 Å². The van der Waals surface area contributed by atoms with Crippen LogP contribution in [0.25, 0.3) is 16.7 Å². The molecule has 2 amide bonds. The molecule has 0 radical (unpaired) electrons. The second kappa shape index (κ2) is 13.1. The van der Waals surface area contributed by atoms with E-state index in [1.807, 2.05) is 31.7 Å². The molecule has 4 heterocycles. The fourth-order valence-electron chi connectivity index (χ4n) is 5.97. The van der Waals surface area contributed by atoms with Crippen molar-refractivity contribution < 1.29 is 18.4 Å². The summed E-state index contributed by atoms with van der Waals surface area (Å²) < 4.78 is 32.0. The molecule has 1 aliphatic heterocycles. The molecular weight excluding hydrogens is 580 g/mol. The molecule has 5 rings (SSSR count). The van der Waals surface area contributed by atoms with Crippen LogP contribution in [0.1, 0.15) is 62.9 Å². The van der Waals surface area contributed by atoms with Gasteiger partial charge in [0, 0.05) is 45.3 Å². The van der Waals surface area contributed by atoms with Gasteiger partial charge in [-0.2, -0.15) is 4.98 Å². The van der Waals surface area contributed by atoms with Crippen LogP contribution in [0.15, 0.2) is 59.8 Å². The largest absolute Gasteiger partial charge is 0.356 e. The van der Waals surface area contributed by atoms with Gasteiger partial charge in [-0.3, -0.25) is 14.6 Å². The quantitative estimate of drug-likeness (QED) is 0.282. The Bertz CT molecular complexity index is 1780. The molecule has 1 unspecified atom stereocenters. The Hall–Kier alpha value is -4.74. The van der Waals surface area contributed by atoms with Gasteiger partial charge < -0.3 is 15.1 Å². The SMILES string of the molecule is C=CC(=O)N1CCN(c2nc(=O)n(-c3c(CCCNC(C)=O)ccnc3C(C)C)c3nc(C4C=CC=C4F)c(F)cc23)[C@@H](C)C1. The molecule has 12 heteroatoms. The fourth-order valence-corrected chi connectivity index (χ4v) is 5.97. The van der Waals surface area contributed by atoms with Gasteiger partial charge in [0.2, 0.25) is 11.8 Å². The number of anilines is 1. The van der Waals surface area contributed by atoms with Crippen LogP contribution in [-0.4, -0.2) is 68.5 Å². The molecule has 0 spiro atoms. The van der Waals surface area contributed by atoms with Gasteiger partial charge >= 0.3 is 5.69 Å². The zero-order valence-corrected chi connectivity index (χ0v) is 25.9. The lowest BCUT2D eigenvalue weighted by Gasteiger charge is -2.40. The first kappa shape index (κ1) is 31.7. The molecule has 236 valence electrons. The van der Waals surface area contributed by atoms with Crippen LogP contribution in [0.2, 0.25) is 0 Å². The molecule has 1 N–H and O–H groups in total. The highest BCUT2D eigenvalue weighted by Crippen LogP contribution is 2.36. The minimum absolute atomic E-state index is 0.106. The number of amides is 2. The first-order valence-electron chi connectivity index (χ1n) is 15.1. The van der Waals surface area contributed by atoms with E-state index in [9.17, 15) is 18.8 Å². The lowest BCUT2D eigenvalue weighted by molar-refractivity contribution is -0.126. The number of allylic oxidation sites excluding steroid dienone is 4. The highest BCUT2D eigenvalue weighted by molar-refractivity contribution is 5.90. The number of aromatic nitrogens is 4. The zero-order chi connectivity index (χ0) is 32.4. The Morgan fingerprint density at radius 2 is 2.00 bits per heavy atom. The molecule has 1 aliphatic carbocycles. The molecule has 0 bridgehead atoms. The number of rotatable bonds is 9. The van der Waals surface area contributed by atoms with Crippen molar-refractivity contribution in [1.29, 1.82) is 0 Å². The number of nitrogens with one attached hydrogen (secondary N) is 1. The predicted octanol–water partition coefficient (Wildman–Crippen LogP) is 4.24. The summed E-state index contributed by atoms with van der Waals surface area (Å²) in [4.78, 5) is 55.2. The van der Waals surface area contributed by atoms with E-state index in [0.717, 1.165) is 5.56 Å². The molecule has 2 aliphatic rings. The summed E-state index contributed by atoms with van der Waals surface area (Å²) in [5.74, 6) is -2.51. The second-order valence-corrected chi connectivity index (χ2v) is 11.7. The molecule has 0 aromatic carbocycles. The van der Waals surface area contributed by atoms with Crippen LogP contribution < -0.4 is 15.9 Å². The number of aryl methyl sites for hydroxylation is 1. The monoisotopic (exact) mass is 617 g/mol. The van der Waals surface area contributed by atoms with Gasteiger partial charge in [0.1, 0.15) is 17.5 Å². The fraction of sp³-hybridized carbons (Fsp3) is 0.394. The maximum Gasteiger partial charge on any atom is 0.355 e. The van der Waals surface area contributed by atoms with Crippen molar-refractivity contribution in [2.75, 3.05) is 31.1 Å². The number of pyridine rings is 2. The highest BCUT2D eigenvalue weighted by atomic mass is 19.1. The Kier molecular flexibility index (Phi) is 9.21. The number of halogens is 2. The summed E-state index contributed by atoms with van der Waals surface area (Å²) >= 11 is 0. The number of nitrogens with zero attached hydrogens (tertiary/aromatic N) is 6. The number of piperazine rings is 1. The van der Waals surface area contributed by atoms with E-state index in [-0.39, 0.29) is 46.3 Å². The topological polar surface area (TPSA) is 113 Å². The molecule has 1 fully saturated rings. The van der Waals surface area contributed by atoms with Crippen molar-refractivity contribution in [2.45, 2.75) is 58.4 Å². The van der Waals surface area contributed by atoms with Gasteiger partial charge in [-0.15, -0.1) is 0 Å². The summed E-state index contributed by atoms with van der Waals surface area (Å²) in [5, 5.41) is 3.07. The third-order valence-electron chi connectivity index (χ3n) is 8.17. The number of hydrogen-bond acceptors (Lipinski definition) is 7. The number of hydrogen-bond donors (Lipinski definition) is 1. The van der Waals surface area contributed by atoms with Gasteiger partial charge in [-0.05, 0) is 55.5 Å². The Labute approximate surface area is 260 Å². The van der Waals surface area contributed by atoms with E-state index >= 15 is 4.39 Å². The Balaban J connectivity index is 1.74. The summed E-state index contributed by atoms with van der Waals surface area (Å²) in [7, 11) is 0. The predicted molar refractivity (Wildman–Crippen MR) is 169 cm³/mol.